The number of halogens is 3. The molecule has 0 saturated carbocycles. The van der Waals surface area contributed by atoms with Crippen LogP contribution >= 0.6 is 0 Å². The number of rotatable bonds is 3. The van der Waals surface area contributed by atoms with E-state index in [2.05, 4.69) is 5.10 Å². The third-order valence-corrected chi connectivity index (χ3v) is 2.75. The summed E-state index contributed by atoms with van der Waals surface area (Å²) in [4.78, 5) is 0. The Kier molecular flexibility index (Phi) is 3.61. The molecule has 6 heteroatoms. The Morgan fingerprint density at radius 3 is 2.37 bits per heavy atom. The van der Waals surface area contributed by atoms with Crippen LogP contribution in [0.25, 0.3) is 0 Å². The number of aliphatic hydroxyl groups excluding tert-OH is 1. The largest absolute Gasteiger partial charge is 0.435 e. The molecule has 0 bridgehead atoms. The van der Waals surface area contributed by atoms with Gasteiger partial charge in [0.05, 0.1) is 12.6 Å². The Labute approximate surface area is 108 Å². The first-order chi connectivity index (χ1) is 8.86. The van der Waals surface area contributed by atoms with Crippen molar-refractivity contribution in [2.24, 2.45) is 0 Å². The standard InChI is InChI=1S/C13H13F3N2O/c1-9-2-4-10(5-3-9)11(19)8-18-7-6-12(17-18)13(14,15)16/h2-7,11,19H,8H2,1H3. The number of aromatic nitrogens is 2. The van der Waals surface area contributed by atoms with Crippen molar-refractivity contribution >= 4 is 0 Å². The maximum Gasteiger partial charge on any atom is 0.435 e. The molecule has 0 saturated heterocycles. The van der Waals surface area contributed by atoms with E-state index >= 15 is 0 Å². The molecule has 102 valence electrons. The fraction of sp³-hybridized carbons (Fsp3) is 0.308. The molecule has 3 nitrogen and oxygen atoms in total. The summed E-state index contributed by atoms with van der Waals surface area (Å²) >= 11 is 0. The van der Waals surface area contributed by atoms with E-state index < -0.39 is 18.0 Å². The lowest BCUT2D eigenvalue weighted by Gasteiger charge is -2.11. The SMILES string of the molecule is Cc1ccc(C(O)Cn2ccc(C(F)(F)F)n2)cc1. The quantitative estimate of drug-likeness (QED) is 0.931. The Hall–Kier alpha value is -1.82. The van der Waals surface area contributed by atoms with E-state index in [9.17, 15) is 18.3 Å². The van der Waals surface area contributed by atoms with Crippen LogP contribution < -0.4 is 0 Å². The highest BCUT2D eigenvalue weighted by Gasteiger charge is 2.33. The predicted octanol–water partition coefficient (Wildman–Crippen LogP) is 2.94. The van der Waals surface area contributed by atoms with Crippen molar-refractivity contribution in [2.45, 2.75) is 25.7 Å². The van der Waals surface area contributed by atoms with Crippen LogP contribution in [-0.4, -0.2) is 14.9 Å². The molecule has 0 spiro atoms. The molecule has 0 aliphatic heterocycles. The summed E-state index contributed by atoms with van der Waals surface area (Å²) in [6.45, 7) is 1.90. The van der Waals surface area contributed by atoms with Crippen molar-refractivity contribution in [3.8, 4) is 0 Å². The Morgan fingerprint density at radius 2 is 1.84 bits per heavy atom. The van der Waals surface area contributed by atoms with Crippen LogP contribution in [0.3, 0.4) is 0 Å². The highest BCUT2D eigenvalue weighted by Crippen LogP contribution is 2.27. The second-order valence-corrected chi connectivity index (χ2v) is 4.35. The maximum absolute atomic E-state index is 12.4. The van der Waals surface area contributed by atoms with Gasteiger partial charge in [-0.15, -0.1) is 0 Å². The van der Waals surface area contributed by atoms with Gasteiger partial charge in [0.25, 0.3) is 0 Å². The average Bonchev–Trinajstić information content (AvgIpc) is 2.78. The molecular formula is C13H13F3N2O. The number of aliphatic hydroxyl groups is 1. The Balaban J connectivity index is 2.08. The monoisotopic (exact) mass is 270 g/mol. The van der Waals surface area contributed by atoms with Gasteiger partial charge in [-0.2, -0.15) is 18.3 Å². The number of aryl methyl sites for hydroxylation is 1. The van der Waals surface area contributed by atoms with E-state index in [1.807, 2.05) is 19.1 Å². The third kappa shape index (κ3) is 3.35. The molecule has 1 unspecified atom stereocenters. The molecule has 1 aromatic heterocycles. The number of benzene rings is 1. The van der Waals surface area contributed by atoms with Crippen molar-refractivity contribution < 1.29 is 18.3 Å². The molecule has 0 fully saturated rings. The summed E-state index contributed by atoms with van der Waals surface area (Å²) in [6, 6.07) is 8.05. The van der Waals surface area contributed by atoms with Crippen molar-refractivity contribution in [3.05, 3.63) is 53.3 Å². The fourth-order valence-electron chi connectivity index (χ4n) is 1.69. The number of alkyl halides is 3. The first-order valence-electron chi connectivity index (χ1n) is 5.71. The molecule has 0 amide bonds. The second-order valence-electron chi connectivity index (χ2n) is 4.35. The average molecular weight is 270 g/mol. The van der Waals surface area contributed by atoms with Crippen LogP contribution in [0.4, 0.5) is 13.2 Å². The van der Waals surface area contributed by atoms with E-state index in [-0.39, 0.29) is 6.54 Å². The first kappa shape index (κ1) is 13.6. The summed E-state index contributed by atoms with van der Waals surface area (Å²) in [5.41, 5.74) is 0.743. The highest BCUT2D eigenvalue weighted by molar-refractivity contribution is 5.23. The Morgan fingerprint density at radius 1 is 1.21 bits per heavy atom. The van der Waals surface area contributed by atoms with E-state index in [0.717, 1.165) is 16.3 Å². The van der Waals surface area contributed by atoms with Crippen LogP contribution in [-0.2, 0) is 12.7 Å². The molecule has 2 aromatic rings. The summed E-state index contributed by atoms with van der Waals surface area (Å²) in [5, 5.41) is 13.3. The van der Waals surface area contributed by atoms with Crippen LogP contribution in [0.1, 0.15) is 22.9 Å². The van der Waals surface area contributed by atoms with E-state index in [4.69, 9.17) is 0 Å². The van der Waals surface area contributed by atoms with Gasteiger partial charge in [-0.05, 0) is 18.6 Å². The molecule has 0 aliphatic rings. The number of hydrogen-bond donors (Lipinski definition) is 1. The van der Waals surface area contributed by atoms with Gasteiger partial charge in [-0.25, -0.2) is 0 Å². The molecule has 1 atom stereocenters. The van der Waals surface area contributed by atoms with E-state index in [1.54, 1.807) is 12.1 Å². The van der Waals surface area contributed by atoms with Crippen LogP contribution in [0, 0.1) is 6.92 Å². The van der Waals surface area contributed by atoms with E-state index in [1.165, 1.54) is 6.20 Å². The molecule has 1 N–H and O–H groups in total. The third-order valence-electron chi connectivity index (χ3n) is 2.75. The highest BCUT2D eigenvalue weighted by atomic mass is 19.4. The van der Waals surface area contributed by atoms with Gasteiger partial charge in [0.2, 0.25) is 0 Å². The zero-order chi connectivity index (χ0) is 14.0. The minimum Gasteiger partial charge on any atom is -0.386 e. The number of nitrogens with zero attached hydrogens (tertiary/aromatic N) is 2. The van der Waals surface area contributed by atoms with Gasteiger partial charge >= 0.3 is 6.18 Å². The van der Waals surface area contributed by atoms with Crippen LogP contribution in [0.5, 0.6) is 0 Å². The van der Waals surface area contributed by atoms with E-state index in [0.29, 0.717) is 5.56 Å². The zero-order valence-corrected chi connectivity index (χ0v) is 10.2. The van der Waals surface area contributed by atoms with Crippen molar-refractivity contribution in [1.29, 1.82) is 0 Å². The molecule has 0 aliphatic carbocycles. The van der Waals surface area contributed by atoms with Gasteiger partial charge < -0.3 is 5.11 Å². The minimum atomic E-state index is -4.46. The summed E-state index contributed by atoms with van der Waals surface area (Å²) in [7, 11) is 0. The lowest BCUT2D eigenvalue weighted by Crippen LogP contribution is -2.12. The molecule has 2 rings (SSSR count). The summed E-state index contributed by atoms with van der Waals surface area (Å²) in [5.74, 6) is 0. The van der Waals surface area contributed by atoms with Gasteiger partial charge in [-0.1, -0.05) is 29.8 Å². The normalized spacial score (nSPS) is 13.5. The molecule has 1 aromatic carbocycles. The van der Waals surface area contributed by atoms with Gasteiger partial charge in [0.15, 0.2) is 5.69 Å². The second kappa shape index (κ2) is 5.05. The smallest absolute Gasteiger partial charge is 0.386 e. The summed E-state index contributed by atoms with van der Waals surface area (Å²) in [6.07, 6.45) is -4.14. The lowest BCUT2D eigenvalue weighted by atomic mass is 10.1. The molecule has 1 heterocycles. The van der Waals surface area contributed by atoms with Gasteiger partial charge in [-0.3, -0.25) is 4.68 Å². The Bertz CT molecular complexity index is 546. The number of hydrogen-bond acceptors (Lipinski definition) is 2. The van der Waals surface area contributed by atoms with Gasteiger partial charge in [0, 0.05) is 6.20 Å². The van der Waals surface area contributed by atoms with Crippen molar-refractivity contribution in [1.82, 2.24) is 9.78 Å². The van der Waals surface area contributed by atoms with Crippen molar-refractivity contribution in [2.75, 3.05) is 0 Å². The topological polar surface area (TPSA) is 38.0 Å². The predicted molar refractivity (Wildman–Crippen MR) is 63.4 cm³/mol. The summed E-state index contributed by atoms with van der Waals surface area (Å²) < 4.78 is 38.2. The first-order valence-corrected chi connectivity index (χ1v) is 5.71. The molecular weight excluding hydrogens is 257 g/mol. The van der Waals surface area contributed by atoms with Crippen LogP contribution in [0.15, 0.2) is 36.5 Å². The maximum atomic E-state index is 12.4. The fourth-order valence-corrected chi connectivity index (χ4v) is 1.69. The van der Waals surface area contributed by atoms with Gasteiger partial charge in [0.1, 0.15) is 0 Å². The van der Waals surface area contributed by atoms with Crippen molar-refractivity contribution in [3.63, 3.8) is 0 Å². The lowest BCUT2D eigenvalue weighted by molar-refractivity contribution is -0.141. The minimum absolute atomic E-state index is 0.0147. The molecule has 19 heavy (non-hydrogen) atoms. The molecule has 0 radical (unpaired) electrons. The zero-order valence-electron chi connectivity index (χ0n) is 10.2. The van der Waals surface area contributed by atoms with Crippen LogP contribution in [0.2, 0.25) is 0 Å².